The Hall–Kier alpha value is -0.180. The van der Waals surface area contributed by atoms with Crippen LogP contribution in [0.2, 0.25) is 0 Å². The van der Waals surface area contributed by atoms with Crippen molar-refractivity contribution in [1.82, 2.24) is 5.32 Å². The Morgan fingerprint density at radius 1 is 1.12 bits per heavy atom. The van der Waals surface area contributed by atoms with E-state index in [1.165, 1.54) is 25.7 Å². The van der Waals surface area contributed by atoms with Crippen LogP contribution in [0.4, 0.5) is 8.78 Å². The first-order valence-corrected chi connectivity index (χ1v) is 6.71. The number of hydrogen-bond acceptors (Lipinski definition) is 1. The smallest absolute Gasteiger partial charge is 0.250 e. The van der Waals surface area contributed by atoms with Crippen molar-refractivity contribution in [2.45, 2.75) is 63.8 Å². The van der Waals surface area contributed by atoms with Gasteiger partial charge < -0.3 is 5.32 Å². The van der Waals surface area contributed by atoms with Crippen LogP contribution >= 0.6 is 0 Å². The normalized spacial score (nSPS) is 40.3. The Kier molecular flexibility index (Phi) is 3.83. The van der Waals surface area contributed by atoms with Gasteiger partial charge in [0, 0.05) is 18.4 Å². The highest BCUT2D eigenvalue weighted by molar-refractivity contribution is 4.89. The number of rotatable bonds is 1. The molecule has 2 unspecified atom stereocenters. The predicted octanol–water partition coefficient (Wildman–Crippen LogP) is 3.59. The number of halogens is 2. The van der Waals surface area contributed by atoms with Crippen LogP contribution in [0.1, 0.15) is 51.9 Å². The molecule has 2 fully saturated rings. The van der Waals surface area contributed by atoms with Gasteiger partial charge in [0.2, 0.25) is 0 Å². The lowest BCUT2D eigenvalue weighted by atomic mass is 9.75. The van der Waals surface area contributed by atoms with Crippen molar-refractivity contribution in [3.05, 3.63) is 0 Å². The third-order valence-electron chi connectivity index (χ3n) is 4.39. The quantitative estimate of drug-likeness (QED) is 0.727. The average molecular weight is 231 g/mol. The molecule has 1 saturated carbocycles. The summed E-state index contributed by atoms with van der Waals surface area (Å²) in [6, 6.07) is 0.501. The van der Waals surface area contributed by atoms with Crippen molar-refractivity contribution in [3.8, 4) is 0 Å². The second-order valence-electron chi connectivity index (χ2n) is 5.61. The van der Waals surface area contributed by atoms with Gasteiger partial charge in [0.1, 0.15) is 0 Å². The van der Waals surface area contributed by atoms with Crippen LogP contribution in [0.5, 0.6) is 0 Å². The molecule has 3 atom stereocenters. The third kappa shape index (κ3) is 2.73. The standard InChI is InChI=1S/C13H23F2N/c1-10-9-11(6-7-13(10,14)15)12-5-3-2-4-8-16-12/h10-12,16H,2-9H2,1H3/t10-,11?,12?/m1/s1. The molecule has 1 aliphatic heterocycles. The Morgan fingerprint density at radius 3 is 2.69 bits per heavy atom. The van der Waals surface area contributed by atoms with Gasteiger partial charge in [-0.15, -0.1) is 0 Å². The largest absolute Gasteiger partial charge is 0.314 e. The van der Waals surface area contributed by atoms with Gasteiger partial charge in [-0.2, -0.15) is 0 Å². The van der Waals surface area contributed by atoms with E-state index in [0.717, 1.165) is 6.54 Å². The molecular formula is C13H23F2N. The van der Waals surface area contributed by atoms with Gasteiger partial charge in [-0.3, -0.25) is 0 Å². The zero-order valence-electron chi connectivity index (χ0n) is 10.1. The van der Waals surface area contributed by atoms with Crippen LogP contribution in [0.25, 0.3) is 0 Å². The molecule has 1 saturated heterocycles. The molecule has 0 aromatic heterocycles. The molecule has 0 radical (unpaired) electrons. The molecule has 0 aromatic carbocycles. The first kappa shape index (κ1) is 12.3. The summed E-state index contributed by atoms with van der Waals surface area (Å²) in [4.78, 5) is 0. The fraction of sp³-hybridized carbons (Fsp3) is 1.00. The monoisotopic (exact) mass is 231 g/mol. The molecule has 1 N–H and O–H groups in total. The van der Waals surface area contributed by atoms with Crippen LogP contribution in [0.15, 0.2) is 0 Å². The van der Waals surface area contributed by atoms with E-state index in [1.54, 1.807) is 6.92 Å². The van der Waals surface area contributed by atoms with E-state index in [4.69, 9.17) is 0 Å². The zero-order valence-corrected chi connectivity index (χ0v) is 10.1. The fourth-order valence-electron chi connectivity index (χ4n) is 3.19. The van der Waals surface area contributed by atoms with Gasteiger partial charge in [0.25, 0.3) is 5.92 Å². The molecule has 2 aliphatic rings. The molecular weight excluding hydrogens is 208 g/mol. The van der Waals surface area contributed by atoms with E-state index in [0.29, 0.717) is 24.8 Å². The molecule has 3 heteroatoms. The molecule has 1 heterocycles. The van der Waals surface area contributed by atoms with Crippen molar-refractivity contribution < 1.29 is 8.78 Å². The Morgan fingerprint density at radius 2 is 1.94 bits per heavy atom. The lowest BCUT2D eigenvalue weighted by Crippen LogP contribution is -2.42. The summed E-state index contributed by atoms with van der Waals surface area (Å²) in [5, 5.41) is 3.55. The minimum Gasteiger partial charge on any atom is -0.314 e. The molecule has 16 heavy (non-hydrogen) atoms. The van der Waals surface area contributed by atoms with E-state index in [2.05, 4.69) is 5.32 Å². The van der Waals surface area contributed by atoms with E-state index in [9.17, 15) is 8.78 Å². The summed E-state index contributed by atoms with van der Waals surface area (Å²) >= 11 is 0. The molecule has 0 aromatic rings. The van der Waals surface area contributed by atoms with Crippen molar-refractivity contribution in [3.63, 3.8) is 0 Å². The van der Waals surface area contributed by atoms with Crippen LogP contribution in [-0.2, 0) is 0 Å². The Labute approximate surface area is 97.0 Å². The maximum Gasteiger partial charge on any atom is 0.250 e. The topological polar surface area (TPSA) is 12.0 Å². The second kappa shape index (κ2) is 4.99. The van der Waals surface area contributed by atoms with Crippen molar-refractivity contribution >= 4 is 0 Å². The molecule has 1 nitrogen and oxygen atoms in total. The first-order valence-electron chi connectivity index (χ1n) is 6.71. The van der Waals surface area contributed by atoms with Gasteiger partial charge in [-0.25, -0.2) is 8.78 Å². The van der Waals surface area contributed by atoms with E-state index in [-0.39, 0.29) is 6.42 Å². The maximum absolute atomic E-state index is 13.4. The molecule has 2 rings (SSSR count). The molecule has 0 bridgehead atoms. The molecule has 0 spiro atoms. The molecule has 0 amide bonds. The third-order valence-corrected chi connectivity index (χ3v) is 4.39. The highest BCUT2D eigenvalue weighted by Crippen LogP contribution is 2.42. The summed E-state index contributed by atoms with van der Waals surface area (Å²) < 4.78 is 26.8. The summed E-state index contributed by atoms with van der Waals surface area (Å²) in [6.07, 6.45) is 6.48. The van der Waals surface area contributed by atoms with Crippen molar-refractivity contribution in [1.29, 1.82) is 0 Å². The van der Waals surface area contributed by atoms with E-state index >= 15 is 0 Å². The van der Waals surface area contributed by atoms with Crippen molar-refractivity contribution in [2.24, 2.45) is 11.8 Å². The summed E-state index contributed by atoms with van der Waals surface area (Å²) in [7, 11) is 0. The Balaban J connectivity index is 1.90. The first-order chi connectivity index (χ1) is 7.59. The minimum absolute atomic E-state index is 0.0943. The highest BCUT2D eigenvalue weighted by atomic mass is 19.3. The van der Waals surface area contributed by atoms with Crippen molar-refractivity contribution in [2.75, 3.05) is 6.54 Å². The Bertz CT molecular complexity index is 222. The molecule has 94 valence electrons. The summed E-state index contributed by atoms with van der Waals surface area (Å²) in [6.45, 7) is 2.79. The average Bonchev–Trinajstić information content (AvgIpc) is 2.50. The predicted molar refractivity (Wildman–Crippen MR) is 61.7 cm³/mol. The second-order valence-corrected chi connectivity index (χ2v) is 5.61. The maximum atomic E-state index is 13.4. The molecule has 1 aliphatic carbocycles. The van der Waals surface area contributed by atoms with Crippen LogP contribution in [0, 0.1) is 11.8 Å². The summed E-state index contributed by atoms with van der Waals surface area (Å²) in [5.74, 6) is -2.37. The van der Waals surface area contributed by atoms with Gasteiger partial charge in [0.15, 0.2) is 0 Å². The van der Waals surface area contributed by atoms with E-state index in [1.807, 2.05) is 0 Å². The number of hydrogen-bond donors (Lipinski definition) is 1. The lowest BCUT2D eigenvalue weighted by molar-refractivity contribution is -0.0942. The number of alkyl halides is 2. The van der Waals surface area contributed by atoms with Crippen LogP contribution < -0.4 is 5.32 Å². The van der Waals surface area contributed by atoms with Gasteiger partial charge in [0.05, 0.1) is 0 Å². The lowest BCUT2D eigenvalue weighted by Gasteiger charge is -2.37. The van der Waals surface area contributed by atoms with Gasteiger partial charge in [-0.05, 0) is 38.1 Å². The van der Waals surface area contributed by atoms with Crippen LogP contribution in [0.3, 0.4) is 0 Å². The SMILES string of the molecule is C[C@@H]1CC(C2CCCCCN2)CCC1(F)F. The zero-order chi connectivity index (χ0) is 11.6. The fourth-order valence-corrected chi connectivity index (χ4v) is 3.19. The van der Waals surface area contributed by atoms with E-state index < -0.39 is 11.8 Å². The number of nitrogens with one attached hydrogen (secondary N) is 1. The minimum atomic E-state index is -2.42. The van der Waals surface area contributed by atoms with Gasteiger partial charge >= 0.3 is 0 Å². The summed E-state index contributed by atoms with van der Waals surface area (Å²) in [5.41, 5.74) is 0. The van der Waals surface area contributed by atoms with Crippen LogP contribution in [-0.4, -0.2) is 18.5 Å². The van der Waals surface area contributed by atoms with Gasteiger partial charge in [-0.1, -0.05) is 19.8 Å². The highest BCUT2D eigenvalue weighted by Gasteiger charge is 2.43.